The van der Waals surface area contributed by atoms with Crippen LogP contribution < -0.4 is 0 Å². The standard InChI is InChI=1S/C21H31N3O2/c25-21(7-8-22-13-15-26-16-14-22)24-11-9-23(10-12-24)20-6-5-18-3-1-2-4-19(18)17-20/h1-4,20H,5-17H2/t20-/m1/s1. The van der Waals surface area contributed by atoms with Crippen LogP contribution in [0.2, 0.25) is 0 Å². The van der Waals surface area contributed by atoms with Gasteiger partial charge in [0.15, 0.2) is 0 Å². The molecule has 2 saturated heterocycles. The van der Waals surface area contributed by atoms with Gasteiger partial charge in [-0.15, -0.1) is 0 Å². The molecule has 0 bridgehead atoms. The van der Waals surface area contributed by atoms with E-state index in [1.165, 1.54) is 30.4 Å². The summed E-state index contributed by atoms with van der Waals surface area (Å²) in [4.78, 5) is 19.6. The van der Waals surface area contributed by atoms with Crippen molar-refractivity contribution in [2.45, 2.75) is 31.7 Å². The lowest BCUT2D eigenvalue weighted by Gasteiger charge is -2.41. The third-order valence-corrected chi connectivity index (χ3v) is 6.25. The van der Waals surface area contributed by atoms with Gasteiger partial charge in [0.1, 0.15) is 0 Å². The maximum absolute atomic E-state index is 12.5. The zero-order chi connectivity index (χ0) is 17.8. The molecule has 1 aromatic carbocycles. The van der Waals surface area contributed by atoms with E-state index in [-0.39, 0.29) is 0 Å². The number of carbonyl (C=O) groups is 1. The second kappa shape index (κ2) is 8.51. The second-order valence-corrected chi connectivity index (χ2v) is 7.79. The Hall–Kier alpha value is -1.43. The minimum absolute atomic E-state index is 0.324. The summed E-state index contributed by atoms with van der Waals surface area (Å²) in [6, 6.07) is 9.52. The number of nitrogens with zero attached hydrogens (tertiary/aromatic N) is 3. The van der Waals surface area contributed by atoms with Gasteiger partial charge in [-0.05, 0) is 30.4 Å². The first-order valence-electron chi connectivity index (χ1n) is 10.2. The molecule has 1 amide bonds. The van der Waals surface area contributed by atoms with Gasteiger partial charge in [0.25, 0.3) is 0 Å². The zero-order valence-electron chi connectivity index (χ0n) is 15.7. The van der Waals surface area contributed by atoms with E-state index < -0.39 is 0 Å². The molecule has 0 spiro atoms. The molecule has 26 heavy (non-hydrogen) atoms. The highest BCUT2D eigenvalue weighted by atomic mass is 16.5. The molecule has 2 fully saturated rings. The van der Waals surface area contributed by atoms with Crippen LogP contribution in [0.25, 0.3) is 0 Å². The van der Waals surface area contributed by atoms with Crippen molar-refractivity contribution in [3.05, 3.63) is 35.4 Å². The number of morpholine rings is 1. The molecule has 5 heteroatoms. The van der Waals surface area contributed by atoms with Crippen molar-refractivity contribution >= 4 is 5.91 Å². The summed E-state index contributed by atoms with van der Waals surface area (Å²) in [6.45, 7) is 8.23. The van der Waals surface area contributed by atoms with Crippen molar-refractivity contribution in [1.82, 2.24) is 14.7 Å². The van der Waals surface area contributed by atoms with Crippen molar-refractivity contribution in [2.24, 2.45) is 0 Å². The molecule has 1 aliphatic carbocycles. The van der Waals surface area contributed by atoms with E-state index in [0.717, 1.165) is 59.0 Å². The first-order valence-corrected chi connectivity index (χ1v) is 10.2. The zero-order valence-corrected chi connectivity index (χ0v) is 15.7. The highest BCUT2D eigenvalue weighted by Crippen LogP contribution is 2.25. The van der Waals surface area contributed by atoms with E-state index in [4.69, 9.17) is 4.74 Å². The van der Waals surface area contributed by atoms with Crippen LogP contribution in [0.1, 0.15) is 24.0 Å². The second-order valence-electron chi connectivity index (χ2n) is 7.79. The maximum Gasteiger partial charge on any atom is 0.223 e. The Balaban J connectivity index is 1.22. The SMILES string of the molecule is O=C(CCN1CCOCC1)N1CCN([C@@H]2CCc3ccccc3C2)CC1. The first kappa shape index (κ1) is 18.0. The average molecular weight is 357 g/mol. The quantitative estimate of drug-likeness (QED) is 0.816. The fraction of sp³-hybridized carbons (Fsp3) is 0.667. The van der Waals surface area contributed by atoms with Crippen LogP contribution in [-0.4, -0.2) is 85.7 Å². The molecule has 2 aliphatic heterocycles. The lowest BCUT2D eigenvalue weighted by molar-refractivity contribution is -0.133. The molecule has 3 aliphatic rings. The number of hydrogen-bond donors (Lipinski definition) is 0. The van der Waals surface area contributed by atoms with E-state index in [9.17, 15) is 4.79 Å². The molecule has 2 heterocycles. The molecule has 0 unspecified atom stereocenters. The molecule has 0 N–H and O–H groups in total. The summed E-state index contributed by atoms with van der Waals surface area (Å²) in [5.41, 5.74) is 3.05. The molecule has 0 saturated carbocycles. The first-order chi connectivity index (χ1) is 12.8. The van der Waals surface area contributed by atoms with Gasteiger partial charge in [0, 0.05) is 58.3 Å². The lowest BCUT2D eigenvalue weighted by Crippen LogP contribution is -2.53. The Morgan fingerprint density at radius 1 is 1.00 bits per heavy atom. The Morgan fingerprint density at radius 3 is 2.50 bits per heavy atom. The number of hydrogen-bond acceptors (Lipinski definition) is 4. The van der Waals surface area contributed by atoms with E-state index in [0.29, 0.717) is 18.4 Å². The minimum atomic E-state index is 0.324. The van der Waals surface area contributed by atoms with Crippen molar-refractivity contribution < 1.29 is 9.53 Å². The maximum atomic E-state index is 12.5. The van der Waals surface area contributed by atoms with Crippen molar-refractivity contribution in [1.29, 1.82) is 0 Å². The van der Waals surface area contributed by atoms with Crippen LogP contribution in [0.4, 0.5) is 0 Å². The van der Waals surface area contributed by atoms with Gasteiger partial charge in [0.2, 0.25) is 5.91 Å². The summed E-state index contributed by atoms with van der Waals surface area (Å²) >= 11 is 0. The van der Waals surface area contributed by atoms with Gasteiger partial charge in [-0.2, -0.15) is 0 Å². The van der Waals surface area contributed by atoms with Crippen LogP contribution in [0.5, 0.6) is 0 Å². The van der Waals surface area contributed by atoms with E-state index in [2.05, 4.69) is 39.0 Å². The Labute approximate surface area is 156 Å². The number of fused-ring (bicyclic) bond motifs is 1. The summed E-state index contributed by atoms with van der Waals surface area (Å²) < 4.78 is 5.37. The number of rotatable bonds is 4. The predicted molar refractivity (Wildman–Crippen MR) is 102 cm³/mol. The van der Waals surface area contributed by atoms with Crippen molar-refractivity contribution in [3.8, 4) is 0 Å². The van der Waals surface area contributed by atoms with Gasteiger partial charge < -0.3 is 9.64 Å². The normalized spacial score (nSPS) is 25.1. The van der Waals surface area contributed by atoms with Crippen LogP contribution in [-0.2, 0) is 22.4 Å². The Kier molecular flexibility index (Phi) is 5.88. The Morgan fingerprint density at radius 2 is 1.73 bits per heavy atom. The largest absolute Gasteiger partial charge is 0.379 e. The monoisotopic (exact) mass is 357 g/mol. The third-order valence-electron chi connectivity index (χ3n) is 6.25. The molecule has 0 aromatic heterocycles. The van der Waals surface area contributed by atoms with Crippen molar-refractivity contribution in [2.75, 3.05) is 59.0 Å². The highest BCUT2D eigenvalue weighted by Gasteiger charge is 2.28. The van der Waals surface area contributed by atoms with Gasteiger partial charge >= 0.3 is 0 Å². The third kappa shape index (κ3) is 4.27. The van der Waals surface area contributed by atoms with Gasteiger partial charge in [-0.3, -0.25) is 14.6 Å². The number of ether oxygens (including phenoxy) is 1. The number of amides is 1. The molecule has 4 rings (SSSR count). The topological polar surface area (TPSA) is 36.0 Å². The average Bonchev–Trinajstić information content (AvgIpc) is 2.72. The Bertz CT molecular complexity index is 607. The van der Waals surface area contributed by atoms with Crippen LogP contribution in [0.15, 0.2) is 24.3 Å². The van der Waals surface area contributed by atoms with E-state index >= 15 is 0 Å². The highest BCUT2D eigenvalue weighted by molar-refractivity contribution is 5.76. The minimum Gasteiger partial charge on any atom is -0.379 e. The molecule has 5 nitrogen and oxygen atoms in total. The summed E-state index contributed by atoms with van der Waals surface area (Å²) in [5, 5.41) is 0. The van der Waals surface area contributed by atoms with Crippen LogP contribution in [0.3, 0.4) is 0 Å². The van der Waals surface area contributed by atoms with Gasteiger partial charge in [-0.25, -0.2) is 0 Å². The summed E-state index contributed by atoms with van der Waals surface area (Å²) in [7, 11) is 0. The lowest BCUT2D eigenvalue weighted by atomic mass is 9.87. The van der Waals surface area contributed by atoms with E-state index in [1.807, 2.05) is 0 Å². The molecule has 1 aromatic rings. The van der Waals surface area contributed by atoms with Crippen LogP contribution >= 0.6 is 0 Å². The molecular weight excluding hydrogens is 326 g/mol. The number of benzene rings is 1. The smallest absolute Gasteiger partial charge is 0.223 e. The fourth-order valence-electron chi connectivity index (χ4n) is 4.56. The van der Waals surface area contributed by atoms with E-state index in [1.54, 1.807) is 0 Å². The van der Waals surface area contributed by atoms with Crippen LogP contribution in [0, 0.1) is 0 Å². The van der Waals surface area contributed by atoms with Crippen molar-refractivity contribution in [3.63, 3.8) is 0 Å². The predicted octanol–water partition coefficient (Wildman–Crippen LogP) is 1.41. The fourth-order valence-corrected chi connectivity index (χ4v) is 4.56. The molecule has 142 valence electrons. The summed E-state index contributed by atoms with van der Waals surface area (Å²) in [6.07, 6.45) is 4.26. The van der Waals surface area contributed by atoms with Gasteiger partial charge in [0.05, 0.1) is 13.2 Å². The molecule has 1 atom stereocenters. The van der Waals surface area contributed by atoms with Gasteiger partial charge in [-0.1, -0.05) is 24.3 Å². The summed E-state index contributed by atoms with van der Waals surface area (Å²) in [5.74, 6) is 0.324. The number of piperazine rings is 1. The number of aryl methyl sites for hydroxylation is 1. The molecule has 0 radical (unpaired) electrons. The number of carbonyl (C=O) groups excluding carboxylic acids is 1. The molecular formula is C21H31N3O2.